The lowest BCUT2D eigenvalue weighted by atomic mass is 10.1. The minimum absolute atomic E-state index is 0.0581. The highest BCUT2D eigenvalue weighted by atomic mass is 32.2. The van der Waals surface area contributed by atoms with Crippen LogP contribution in [0.15, 0.2) is 53.4 Å². The van der Waals surface area contributed by atoms with Crippen molar-refractivity contribution in [3.63, 3.8) is 0 Å². The Labute approximate surface area is 123 Å². The molecule has 0 fully saturated rings. The molecule has 1 amide bonds. The Morgan fingerprint density at radius 2 is 1.80 bits per heavy atom. The first kappa shape index (κ1) is 14.5. The van der Waals surface area contributed by atoms with Crippen LogP contribution < -0.4 is 10.6 Å². The molecule has 0 saturated heterocycles. The molecular weight excluding hydrogens is 268 g/mol. The van der Waals surface area contributed by atoms with Gasteiger partial charge in [-0.2, -0.15) is 0 Å². The molecule has 0 unspecified atom stereocenters. The molecule has 0 atom stereocenters. The third-order valence-electron chi connectivity index (χ3n) is 3.03. The smallest absolute Gasteiger partial charge is 0.251 e. The zero-order chi connectivity index (χ0) is 14.4. The number of carbonyl (C=O) groups excluding carboxylic acids is 1. The molecular formula is C16H18N2OS. The Morgan fingerprint density at radius 3 is 2.45 bits per heavy atom. The molecule has 0 heterocycles. The lowest BCUT2D eigenvalue weighted by Crippen LogP contribution is -2.17. The van der Waals surface area contributed by atoms with Gasteiger partial charge in [0.15, 0.2) is 0 Å². The van der Waals surface area contributed by atoms with Crippen LogP contribution in [0.2, 0.25) is 0 Å². The third kappa shape index (κ3) is 3.54. The van der Waals surface area contributed by atoms with Crippen LogP contribution in [0.3, 0.4) is 0 Å². The minimum Gasteiger partial charge on any atom is -0.380 e. The van der Waals surface area contributed by atoms with Crippen LogP contribution in [0.25, 0.3) is 0 Å². The molecule has 0 spiro atoms. The lowest BCUT2D eigenvalue weighted by Gasteiger charge is -2.10. The second-order valence-electron chi connectivity index (χ2n) is 4.33. The predicted molar refractivity (Wildman–Crippen MR) is 85.4 cm³/mol. The van der Waals surface area contributed by atoms with Crippen molar-refractivity contribution < 1.29 is 4.79 Å². The Hall–Kier alpha value is -1.94. The molecule has 104 valence electrons. The van der Waals surface area contributed by atoms with E-state index in [9.17, 15) is 4.79 Å². The highest BCUT2D eigenvalue weighted by Gasteiger charge is 2.03. The van der Waals surface area contributed by atoms with Gasteiger partial charge in [0.2, 0.25) is 0 Å². The van der Waals surface area contributed by atoms with Crippen LogP contribution in [0.5, 0.6) is 0 Å². The highest BCUT2D eigenvalue weighted by molar-refractivity contribution is 7.98. The first-order chi connectivity index (χ1) is 9.74. The van der Waals surface area contributed by atoms with Gasteiger partial charge in [0, 0.05) is 29.7 Å². The number of carbonyl (C=O) groups is 1. The van der Waals surface area contributed by atoms with Crippen molar-refractivity contribution in [1.29, 1.82) is 0 Å². The van der Waals surface area contributed by atoms with E-state index < -0.39 is 0 Å². The van der Waals surface area contributed by atoms with Gasteiger partial charge in [0.05, 0.1) is 0 Å². The number of amides is 1. The molecule has 2 N–H and O–H groups in total. The maximum atomic E-state index is 11.5. The number of anilines is 1. The summed E-state index contributed by atoms with van der Waals surface area (Å²) in [7, 11) is 1.64. The van der Waals surface area contributed by atoms with Gasteiger partial charge in [-0.3, -0.25) is 4.79 Å². The quantitative estimate of drug-likeness (QED) is 0.828. The molecule has 2 rings (SSSR count). The number of nitrogens with one attached hydrogen (secondary N) is 2. The van der Waals surface area contributed by atoms with E-state index in [2.05, 4.69) is 29.0 Å². The molecule has 4 heteroatoms. The van der Waals surface area contributed by atoms with Gasteiger partial charge in [-0.25, -0.2) is 0 Å². The number of benzene rings is 2. The number of hydrogen-bond donors (Lipinski definition) is 2. The average molecular weight is 286 g/mol. The van der Waals surface area contributed by atoms with E-state index >= 15 is 0 Å². The maximum Gasteiger partial charge on any atom is 0.251 e. The van der Waals surface area contributed by atoms with E-state index in [1.807, 2.05) is 36.4 Å². The molecule has 0 bridgehead atoms. The van der Waals surface area contributed by atoms with Crippen molar-refractivity contribution in [3.05, 3.63) is 59.7 Å². The van der Waals surface area contributed by atoms with Crippen LogP contribution in [0.4, 0.5) is 5.69 Å². The molecule has 2 aromatic rings. The fraction of sp³-hybridized carbons (Fsp3) is 0.188. The van der Waals surface area contributed by atoms with E-state index in [4.69, 9.17) is 0 Å². The molecule has 0 saturated carbocycles. The highest BCUT2D eigenvalue weighted by Crippen LogP contribution is 2.25. The van der Waals surface area contributed by atoms with Crippen LogP contribution in [0, 0.1) is 0 Å². The zero-order valence-electron chi connectivity index (χ0n) is 11.6. The summed E-state index contributed by atoms with van der Waals surface area (Å²) in [6.45, 7) is 0.742. The second-order valence-corrected chi connectivity index (χ2v) is 5.18. The Kier molecular flexibility index (Phi) is 5.07. The topological polar surface area (TPSA) is 41.1 Å². The molecule has 0 aliphatic carbocycles. The predicted octanol–water partition coefficient (Wildman–Crippen LogP) is 3.38. The van der Waals surface area contributed by atoms with Crippen LogP contribution >= 0.6 is 11.8 Å². The molecule has 3 nitrogen and oxygen atoms in total. The van der Waals surface area contributed by atoms with Crippen molar-refractivity contribution in [2.45, 2.75) is 11.4 Å². The molecule has 0 aliphatic heterocycles. The fourth-order valence-electron chi connectivity index (χ4n) is 1.91. The Balaban J connectivity index is 2.02. The van der Waals surface area contributed by atoms with Gasteiger partial charge < -0.3 is 10.6 Å². The van der Waals surface area contributed by atoms with Crippen LogP contribution in [-0.2, 0) is 6.54 Å². The van der Waals surface area contributed by atoms with Crippen LogP contribution in [0.1, 0.15) is 15.9 Å². The van der Waals surface area contributed by atoms with Gasteiger partial charge in [0.25, 0.3) is 5.91 Å². The van der Waals surface area contributed by atoms with Crippen molar-refractivity contribution in [1.82, 2.24) is 5.32 Å². The van der Waals surface area contributed by atoms with E-state index in [1.165, 1.54) is 4.90 Å². The summed E-state index contributed by atoms with van der Waals surface area (Å²) < 4.78 is 0. The van der Waals surface area contributed by atoms with Crippen molar-refractivity contribution >= 4 is 23.4 Å². The van der Waals surface area contributed by atoms with E-state index in [-0.39, 0.29) is 5.91 Å². The molecule has 0 aliphatic rings. The molecule has 2 aromatic carbocycles. The molecule has 0 aromatic heterocycles. The summed E-state index contributed by atoms with van der Waals surface area (Å²) in [6.07, 6.45) is 2.07. The number of rotatable bonds is 5. The second kappa shape index (κ2) is 7.01. The van der Waals surface area contributed by atoms with Crippen LogP contribution in [-0.4, -0.2) is 19.2 Å². The Bertz CT molecular complexity index is 581. The zero-order valence-corrected chi connectivity index (χ0v) is 12.5. The number of hydrogen-bond acceptors (Lipinski definition) is 3. The summed E-state index contributed by atoms with van der Waals surface area (Å²) in [4.78, 5) is 12.7. The Morgan fingerprint density at radius 1 is 1.10 bits per heavy atom. The van der Waals surface area contributed by atoms with E-state index in [1.54, 1.807) is 18.8 Å². The molecule has 0 radical (unpaired) electrons. The summed E-state index contributed by atoms with van der Waals surface area (Å²) >= 11 is 1.72. The van der Waals surface area contributed by atoms with E-state index in [0.29, 0.717) is 5.56 Å². The molecule has 20 heavy (non-hydrogen) atoms. The van der Waals surface area contributed by atoms with Gasteiger partial charge in [-0.1, -0.05) is 24.3 Å². The number of para-hydroxylation sites is 1. The van der Waals surface area contributed by atoms with Gasteiger partial charge >= 0.3 is 0 Å². The lowest BCUT2D eigenvalue weighted by molar-refractivity contribution is 0.0963. The SMILES string of the molecule is CNC(=O)c1ccc(CNc2ccccc2SC)cc1. The van der Waals surface area contributed by atoms with E-state index in [0.717, 1.165) is 17.8 Å². The first-order valence-electron chi connectivity index (χ1n) is 6.42. The first-order valence-corrected chi connectivity index (χ1v) is 7.65. The third-order valence-corrected chi connectivity index (χ3v) is 3.83. The van der Waals surface area contributed by atoms with Gasteiger partial charge in [-0.05, 0) is 36.1 Å². The normalized spacial score (nSPS) is 10.1. The monoisotopic (exact) mass is 286 g/mol. The summed E-state index contributed by atoms with van der Waals surface area (Å²) in [5.74, 6) is -0.0581. The number of thioether (sulfide) groups is 1. The summed E-state index contributed by atoms with van der Waals surface area (Å²) in [6, 6.07) is 15.9. The minimum atomic E-state index is -0.0581. The van der Waals surface area contributed by atoms with Crippen molar-refractivity contribution in [2.75, 3.05) is 18.6 Å². The van der Waals surface area contributed by atoms with Gasteiger partial charge in [0.1, 0.15) is 0 Å². The fourth-order valence-corrected chi connectivity index (χ4v) is 2.48. The largest absolute Gasteiger partial charge is 0.380 e. The standard InChI is InChI=1S/C16H18N2OS/c1-17-16(19)13-9-7-12(8-10-13)11-18-14-5-3-4-6-15(14)20-2/h3-10,18H,11H2,1-2H3,(H,17,19). The van der Waals surface area contributed by atoms with Crippen molar-refractivity contribution in [2.24, 2.45) is 0 Å². The van der Waals surface area contributed by atoms with Gasteiger partial charge in [-0.15, -0.1) is 11.8 Å². The summed E-state index contributed by atoms with van der Waals surface area (Å²) in [5, 5.41) is 6.04. The maximum absolute atomic E-state index is 11.5. The summed E-state index contributed by atoms with van der Waals surface area (Å²) in [5.41, 5.74) is 2.96. The average Bonchev–Trinajstić information content (AvgIpc) is 2.53. The van der Waals surface area contributed by atoms with Crippen molar-refractivity contribution in [3.8, 4) is 0 Å².